The molecular formula is C18H25N3O5. The Hall–Kier alpha value is -2.51. The highest BCUT2D eigenvalue weighted by Gasteiger charge is 2.36. The van der Waals surface area contributed by atoms with Gasteiger partial charge in [0, 0.05) is 25.7 Å². The van der Waals surface area contributed by atoms with E-state index in [1.807, 2.05) is 0 Å². The molecule has 1 atom stereocenters. The van der Waals surface area contributed by atoms with Crippen molar-refractivity contribution >= 4 is 17.9 Å². The molecule has 0 spiro atoms. The van der Waals surface area contributed by atoms with Gasteiger partial charge >= 0.3 is 6.09 Å². The van der Waals surface area contributed by atoms with E-state index in [2.05, 4.69) is 5.32 Å². The Labute approximate surface area is 152 Å². The molecule has 3 amide bonds. The van der Waals surface area contributed by atoms with Crippen LogP contribution < -0.4 is 5.32 Å². The second-order valence-corrected chi connectivity index (χ2v) is 6.60. The maximum Gasteiger partial charge on any atom is 0.409 e. The van der Waals surface area contributed by atoms with Gasteiger partial charge < -0.3 is 24.3 Å². The van der Waals surface area contributed by atoms with Crippen molar-refractivity contribution in [1.82, 2.24) is 15.1 Å². The molecule has 8 nitrogen and oxygen atoms in total. The molecule has 8 heteroatoms. The summed E-state index contributed by atoms with van der Waals surface area (Å²) in [6.45, 7) is 3.81. The summed E-state index contributed by atoms with van der Waals surface area (Å²) >= 11 is 0. The van der Waals surface area contributed by atoms with E-state index in [-0.39, 0.29) is 29.7 Å². The molecule has 0 aliphatic carbocycles. The van der Waals surface area contributed by atoms with Gasteiger partial charge in [0.2, 0.25) is 5.91 Å². The molecule has 0 bridgehead atoms. The van der Waals surface area contributed by atoms with Crippen LogP contribution in [0.15, 0.2) is 22.8 Å². The normalized spacial score (nSPS) is 20.9. The van der Waals surface area contributed by atoms with Gasteiger partial charge in [-0.2, -0.15) is 0 Å². The number of nitrogens with one attached hydrogen (secondary N) is 1. The number of hydrogen-bond donors (Lipinski definition) is 1. The van der Waals surface area contributed by atoms with Crippen molar-refractivity contribution in [1.29, 1.82) is 0 Å². The largest absolute Gasteiger partial charge is 0.459 e. The van der Waals surface area contributed by atoms with Gasteiger partial charge in [0.15, 0.2) is 5.76 Å². The number of ether oxygens (including phenoxy) is 1. The van der Waals surface area contributed by atoms with Crippen LogP contribution in [0.1, 0.15) is 43.2 Å². The Morgan fingerprint density at radius 2 is 2.00 bits per heavy atom. The highest BCUT2D eigenvalue weighted by atomic mass is 16.6. The highest BCUT2D eigenvalue weighted by Crippen LogP contribution is 2.21. The maximum absolute atomic E-state index is 12.7. The molecular weight excluding hydrogens is 338 g/mol. The topological polar surface area (TPSA) is 92.1 Å². The quantitative estimate of drug-likeness (QED) is 0.878. The molecule has 1 aromatic heterocycles. The number of piperidine rings is 1. The minimum absolute atomic E-state index is 0.00865. The minimum atomic E-state index is -0.462. The van der Waals surface area contributed by atoms with Gasteiger partial charge in [-0.25, -0.2) is 4.79 Å². The first-order valence-corrected chi connectivity index (χ1v) is 9.16. The number of likely N-dealkylation sites (tertiary alicyclic amines) is 2. The smallest absolute Gasteiger partial charge is 0.409 e. The van der Waals surface area contributed by atoms with Crippen LogP contribution in [0.25, 0.3) is 0 Å². The number of carbonyl (C=O) groups excluding carboxylic acids is 3. The Balaban J connectivity index is 1.52. The molecule has 0 aromatic carbocycles. The van der Waals surface area contributed by atoms with Crippen LogP contribution in [-0.2, 0) is 9.53 Å². The average Bonchev–Trinajstić information content (AvgIpc) is 3.34. The predicted octanol–water partition coefficient (Wildman–Crippen LogP) is 1.62. The first kappa shape index (κ1) is 18.3. The van der Waals surface area contributed by atoms with E-state index in [4.69, 9.17) is 9.15 Å². The summed E-state index contributed by atoms with van der Waals surface area (Å²) in [6, 6.07) is 2.82. The third-order valence-electron chi connectivity index (χ3n) is 4.92. The molecule has 142 valence electrons. The van der Waals surface area contributed by atoms with Gasteiger partial charge in [-0.3, -0.25) is 9.59 Å². The first-order chi connectivity index (χ1) is 12.6. The maximum atomic E-state index is 12.7. The Kier molecular flexibility index (Phi) is 5.80. The Morgan fingerprint density at radius 3 is 2.65 bits per heavy atom. The monoisotopic (exact) mass is 363 g/mol. The summed E-state index contributed by atoms with van der Waals surface area (Å²) in [5.41, 5.74) is 0. The van der Waals surface area contributed by atoms with Crippen molar-refractivity contribution in [3.05, 3.63) is 24.2 Å². The summed E-state index contributed by atoms with van der Waals surface area (Å²) in [7, 11) is 0. The van der Waals surface area contributed by atoms with E-state index >= 15 is 0 Å². The zero-order chi connectivity index (χ0) is 18.5. The standard InChI is InChI=1S/C18H25N3O5/c1-2-25-18(24)20-10-7-13(8-11-20)19-16(22)14-5-3-9-21(14)17(23)15-6-4-12-26-15/h4,6,12-14H,2-3,5,7-11H2,1H3,(H,19,22)/t14-/m0/s1. The van der Waals surface area contributed by atoms with Crippen LogP contribution in [0.2, 0.25) is 0 Å². The molecule has 0 radical (unpaired) electrons. The third-order valence-corrected chi connectivity index (χ3v) is 4.92. The molecule has 1 N–H and O–H groups in total. The molecule has 2 aliphatic heterocycles. The molecule has 2 saturated heterocycles. The van der Waals surface area contributed by atoms with E-state index in [0.717, 1.165) is 6.42 Å². The van der Waals surface area contributed by atoms with Crippen LogP contribution >= 0.6 is 0 Å². The van der Waals surface area contributed by atoms with Crippen LogP contribution in [0.4, 0.5) is 4.79 Å². The predicted molar refractivity (Wildman–Crippen MR) is 92.5 cm³/mol. The molecule has 3 rings (SSSR count). The van der Waals surface area contributed by atoms with Crippen LogP contribution in [0.5, 0.6) is 0 Å². The average molecular weight is 363 g/mol. The van der Waals surface area contributed by atoms with E-state index in [9.17, 15) is 14.4 Å². The molecule has 1 aromatic rings. The Bertz CT molecular complexity index is 637. The number of furan rings is 1. The van der Waals surface area contributed by atoms with Gasteiger partial charge in [0.1, 0.15) is 6.04 Å². The summed E-state index contributed by atoms with van der Waals surface area (Å²) in [6.07, 6.45) is 3.97. The van der Waals surface area contributed by atoms with Crippen molar-refractivity contribution in [2.45, 2.75) is 44.7 Å². The van der Waals surface area contributed by atoms with Gasteiger partial charge in [-0.1, -0.05) is 0 Å². The lowest BCUT2D eigenvalue weighted by atomic mass is 10.0. The van der Waals surface area contributed by atoms with Gasteiger partial charge in [-0.05, 0) is 44.7 Å². The lowest BCUT2D eigenvalue weighted by molar-refractivity contribution is -0.125. The van der Waals surface area contributed by atoms with Crippen molar-refractivity contribution in [3.8, 4) is 0 Å². The summed E-state index contributed by atoms with van der Waals surface area (Å²) in [4.78, 5) is 40.1. The fraction of sp³-hybridized carbons (Fsp3) is 0.611. The molecule has 0 unspecified atom stereocenters. The van der Waals surface area contributed by atoms with E-state index < -0.39 is 6.04 Å². The molecule has 2 fully saturated rings. The molecule has 26 heavy (non-hydrogen) atoms. The summed E-state index contributed by atoms with van der Waals surface area (Å²) in [5, 5.41) is 3.04. The third kappa shape index (κ3) is 4.00. The lowest BCUT2D eigenvalue weighted by Crippen LogP contribution is -2.52. The lowest BCUT2D eigenvalue weighted by Gasteiger charge is -2.33. The zero-order valence-corrected chi connectivity index (χ0v) is 15.0. The first-order valence-electron chi connectivity index (χ1n) is 9.16. The number of rotatable bonds is 4. The van der Waals surface area contributed by atoms with Gasteiger partial charge in [0.05, 0.1) is 12.9 Å². The number of hydrogen-bond acceptors (Lipinski definition) is 5. The van der Waals surface area contributed by atoms with Crippen molar-refractivity contribution in [3.63, 3.8) is 0 Å². The SMILES string of the molecule is CCOC(=O)N1CCC(NC(=O)[C@@H]2CCCN2C(=O)c2ccco2)CC1. The van der Waals surface area contributed by atoms with E-state index in [1.165, 1.54) is 6.26 Å². The van der Waals surface area contributed by atoms with Crippen LogP contribution in [-0.4, -0.2) is 66.0 Å². The number of carbonyl (C=O) groups is 3. The molecule has 2 aliphatic rings. The number of nitrogens with zero attached hydrogens (tertiary/aromatic N) is 2. The highest BCUT2D eigenvalue weighted by molar-refractivity contribution is 5.96. The van der Waals surface area contributed by atoms with Crippen molar-refractivity contribution in [2.24, 2.45) is 0 Å². The minimum Gasteiger partial charge on any atom is -0.459 e. The number of amides is 3. The Morgan fingerprint density at radius 1 is 1.23 bits per heavy atom. The van der Waals surface area contributed by atoms with Crippen molar-refractivity contribution < 1.29 is 23.5 Å². The van der Waals surface area contributed by atoms with Gasteiger partial charge in [0.25, 0.3) is 5.91 Å². The van der Waals surface area contributed by atoms with Crippen LogP contribution in [0, 0.1) is 0 Å². The van der Waals surface area contributed by atoms with Crippen molar-refractivity contribution in [2.75, 3.05) is 26.2 Å². The van der Waals surface area contributed by atoms with E-state index in [1.54, 1.807) is 28.9 Å². The summed E-state index contributed by atoms with van der Waals surface area (Å²) in [5.74, 6) is -0.116. The van der Waals surface area contributed by atoms with Crippen LogP contribution in [0.3, 0.4) is 0 Å². The fourth-order valence-electron chi connectivity index (χ4n) is 3.54. The molecule has 3 heterocycles. The second kappa shape index (κ2) is 8.25. The second-order valence-electron chi connectivity index (χ2n) is 6.60. The fourth-order valence-corrected chi connectivity index (χ4v) is 3.54. The van der Waals surface area contributed by atoms with E-state index in [0.29, 0.717) is 45.5 Å². The van der Waals surface area contributed by atoms with Gasteiger partial charge in [-0.15, -0.1) is 0 Å². The summed E-state index contributed by atoms with van der Waals surface area (Å²) < 4.78 is 10.2. The molecule has 0 saturated carbocycles. The zero-order valence-electron chi connectivity index (χ0n) is 15.0.